The van der Waals surface area contributed by atoms with Crippen LogP contribution in [0.25, 0.3) is 0 Å². The number of unbranched alkanes of at least 4 members (excludes halogenated alkanes) is 15. The van der Waals surface area contributed by atoms with Gasteiger partial charge in [-0.1, -0.05) is 183 Å². The van der Waals surface area contributed by atoms with Crippen LogP contribution in [0.3, 0.4) is 0 Å². The lowest BCUT2D eigenvalue weighted by molar-refractivity contribution is -0.167. The molecule has 6 heteroatoms. The van der Waals surface area contributed by atoms with Crippen molar-refractivity contribution in [3.8, 4) is 0 Å². The molecule has 306 valence electrons. The van der Waals surface area contributed by atoms with Crippen molar-refractivity contribution < 1.29 is 28.6 Å². The molecule has 0 rings (SSSR count). The summed E-state index contributed by atoms with van der Waals surface area (Å²) in [5, 5.41) is 0. The molecule has 0 aromatic rings. The zero-order valence-electron chi connectivity index (χ0n) is 34.7. The van der Waals surface area contributed by atoms with Crippen LogP contribution >= 0.6 is 0 Å². The highest BCUT2D eigenvalue weighted by Crippen LogP contribution is 2.13. The van der Waals surface area contributed by atoms with Crippen LogP contribution in [-0.4, -0.2) is 37.2 Å². The molecular weight excluding hydrogens is 673 g/mol. The molecule has 0 aliphatic carbocycles. The fraction of sp³-hybridized carbons (Fsp3) is 0.646. The highest BCUT2D eigenvalue weighted by molar-refractivity contribution is 5.71. The minimum absolute atomic E-state index is 0.113. The topological polar surface area (TPSA) is 78.9 Å². The molecule has 0 saturated heterocycles. The van der Waals surface area contributed by atoms with E-state index in [2.05, 4.69) is 69.4 Å². The molecule has 0 heterocycles. The molecule has 0 spiro atoms. The Hall–Kier alpha value is -3.41. The van der Waals surface area contributed by atoms with Crippen LogP contribution in [0.1, 0.15) is 181 Å². The maximum atomic E-state index is 12.7. The maximum Gasteiger partial charge on any atom is 0.306 e. The number of carbonyl (C=O) groups is 3. The summed E-state index contributed by atoms with van der Waals surface area (Å²) in [6.45, 7) is 6.26. The molecule has 6 nitrogen and oxygen atoms in total. The number of hydrogen-bond acceptors (Lipinski definition) is 6. The molecule has 0 radical (unpaired) electrons. The second-order valence-electron chi connectivity index (χ2n) is 13.9. The Morgan fingerprint density at radius 2 is 0.833 bits per heavy atom. The van der Waals surface area contributed by atoms with Crippen LogP contribution in [0.4, 0.5) is 0 Å². The maximum absolute atomic E-state index is 12.7. The minimum atomic E-state index is -0.808. The van der Waals surface area contributed by atoms with Gasteiger partial charge in [-0.2, -0.15) is 0 Å². The van der Waals surface area contributed by atoms with Crippen molar-refractivity contribution >= 4 is 17.9 Å². The summed E-state index contributed by atoms with van der Waals surface area (Å²) in [5.74, 6) is -1.01. The van der Waals surface area contributed by atoms with Crippen molar-refractivity contribution in [3.05, 3.63) is 85.1 Å². The highest BCUT2D eigenvalue weighted by atomic mass is 16.6. The number of esters is 3. The number of carbonyl (C=O) groups excluding carboxylic acids is 3. The summed E-state index contributed by atoms with van der Waals surface area (Å²) < 4.78 is 16.6. The van der Waals surface area contributed by atoms with E-state index in [9.17, 15) is 14.4 Å². The monoisotopic (exact) mass is 751 g/mol. The van der Waals surface area contributed by atoms with Crippen LogP contribution < -0.4 is 0 Å². The predicted molar refractivity (Wildman–Crippen MR) is 228 cm³/mol. The van der Waals surface area contributed by atoms with Crippen molar-refractivity contribution in [1.82, 2.24) is 0 Å². The molecule has 0 aliphatic rings. The van der Waals surface area contributed by atoms with Gasteiger partial charge in [-0.15, -0.1) is 0 Å². The zero-order valence-corrected chi connectivity index (χ0v) is 34.7. The number of rotatable bonds is 37. The fourth-order valence-corrected chi connectivity index (χ4v) is 5.53. The van der Waals surface area contributed by atoms with Crippen molar-refractivity contribution in [3.63, 3.8) is 0 Å². The van der Waals surface area contributed by atoms with Crippen LogP contribution in [0.15, 0.2) is 85.1 Å². The summed E-state index contributed by atoms with van der Waals surface area (Å²) in [7, 11) is 0. The van der Waals surface area contributed by atoms with Gasteiger partial charge in [0.1, 0.15) is 13.2 Å². The molecule has 0 bridgehead atoms. The molecule has 0 aliphatic heterocycles. The Kier molecular flexibility index (Phi) is 39.7. The molecule has 54 heavy (non-hydrogen) atoms. The van der Waals surface area contributed by atoms with Gasteiger partial charge in [0.2, 0.25) is 0 Å². The van der Waals surface area contributed by atoms with Gasteiger partial charge in [0.05, 0.1) is 0 Å². The van der Waals surface area contributed by atoms with Crippen LogP contribution in [0.5, 0.6) is 0 Å². The zero-order chi connectivity index (χ0) is 39.4. The van der Waals surface area contributed by atoms with E-state index < -0.39 is 6.10 Å². The lowest BCUT2D eigenvalue weighted by Gasteiger charge is -2.18. The van der Waals surface area contributed by atoms with E-state index in [0.717, 1.165) is 77.0 Å². The van der Waals surface area contributed by atoms with E-state index in [4.69, 9.17) is 14.2 Å². The molecule has 0 amide bonds. The minimum Gasteiger partial charge on any atom is -0.462 e. The van der Waals surface area contributed by atoms with Gasteiger partial charge in [0.15, 0.2) is 6.10 Å². The number of hydrogen-bond donors (Lipinski definition) is 0. The van der Waals surface area contributed by atoms with Crippen LogP contribution in [0, 0.1) is 0 Å². The van der Waals surface area contributed by atoms with Crippen molar-refractivity contribution in [2.75, 3.05) is 13.2 Å². The molecule has 0 fully saturated rings. The van der Waals surface area contributed by atoms with E-state index in [1.54, 1.807) is 0 Å². The number of allylic oxidation sites excluding steroid dienone is 14. The first-order valence-corrected chi connectivity index (χ1v) is 21.6. The van der Waals surface area contributed by atoms with E-state index in [1.807, 2.05) is 36.5 Å². The van der Waals surface area contributed by atoms with Gasteiger partial charge in [-0.25, -0.2) is 0 Å². The van der Waals surface area contributed by atoms with Gasteiger partial charge in [-0.3, -0.25) is 14.4 Å². The third-order valence-electron chi connectivity index (χ3n) is 8.74. The largest absolute Gasteiger partial charge is 0.462 e. The molecule has 0 aromatic heterocycles. The summed E-state index contributed by atoms with van der Waals surface area (Å²) in [6, 6.07) is 0. The third kappa shape index (κ3) is 39.8. The Morgan fingerprint density at radius 3 is 1.41 bits per heavy atom. The molecule has 0 saturated carbocycles. The van der Waals surface area contributed by atoms with Crippen molar-refractivity contribution in [1.29, 1.82) is 0 Å². The van der Waals surface area contributed by atoms with Crippen molar-refractivity contribution in [2.45, 2.75) is 187 Å². The first-order chi connectivity index (χ1) is 26.5. The lowest BCUT2D eigenvalue weighted by atomic mass is 10.0. The van der Waals surface area contributed by atoms with Crippen LogP contribution in [0.2, 0.25) is 0 Å². The van der Waals surface area contributed by atoms with Crippen molar-refractivity contribution in [2.24, 2.45) is 0 Å². The molecule has 0 N–H and O–H groups in total. The summed E-state index contributed by atoms with van der Waals surface area (Å²) in [6.07, 6.45) is 52.9. The Balaban J connectivity index is 4.52. The Morgan fingerprint density at radius 1 is 0.407 bits per heavy atom. The van der Waals surface area contributed by atoms with E-state index in [0.29, 0.717) is 19.3 Å². The molecule has 1 atom stereocenters. The first-order valence-electron chi connectivity index (χ1n) is 21.6. The number of ether oxygens (including phenoxy) is 3. The standard InChI is InChI=1S/C48H78O6/c1-4-7-10-13-16-19-22-24-27-29-32-35-38-41-47(50)53-44-45(43-52-46(49)40-37-34-31-28-25-21-18-15-12-9-6-3)54-48(51)42-39-36-33-30-26-23-20-17-14-11-8-5-2/h7,9-10,12-13,16,18-19,21-22,24,27-28,31,45H,4-6,8,11,14-15,17,20,23,25-26,29-30,32-44H2,1-3H3/b10-7-,12-9-,16-13-,21-18-,22-19-,27-24-,31-28-. The Labute approximate surface area is 331 Å². The second kappa shape index (κ2) is 42.3. The average molecular weight is 751 g/mol. The lowest BCUT2D eigenvalue weighted by Crippen LogP contribution is -2.30. The van der Waals surface area contributed by atoms with Gasteiger partial charge >= 0.3 is 17.9 Å². The quantitative estimate of drug-likeness (QED) is 0.0207. The summed E-state index contributed by atoms with van der Waals surface area (Å²) in [4.78, 5) is 37.6. The van der Waals surface area contributed by atoms with Gasteiger partial charge in [0, 0.05) is 19.3 Å². The van der Waals surface area contributed by atoms with E-state index in [-0.39, 0.29) is 37.5 Å². The van der Waals surface area contributed by atoms with Crippen LogP contribution in [-0.2, 0) is 28.6 Å². The third-order valence-corrected chi connectivity index (χ3v) is 8.74. The van der Waals surface area contributed by atoms with Gasteiger partial charge < -0.3 is 14.2 Å². The molecule has 0 aromatic carbocycles. The Bertz CT molecular complexity index is 1090. The van der Waals surface area contributed by atoms with Gasteiger partial charge in [-0.05, 0) is 64.2 Å². The average Bonchev–Trinajstić information content (AvgIpc) is 3.17. The van der Waals surface area contributed by atoms with E-state index in [1.165, 1.54) is 57.8 Å². The fourth-order valence-electron chi connectivity index (χ4n) is 5.53. The first kappa shape index (κ1) is 50.6. The smallest absolute Gasteiger partial charge is 0.306 e. The SMILES string of the molecule is CC\C=C/C=C\C=C/C=C\CCCCCC(=O)OCC(COC(=O)CCC/C=C\C/C=C\C/C=C\CC)OC(=O)CCCCCCCCCCCCCC. The second-order valence-corrected chi connectivity index (χ2v) is 13.9. The summed E-state index contributed by atoms with van der Waals surface area (Å²) >= 11 is 0. The summed E-state index contributed by atoms with van der Waals surface area (Å²) in [5.41, 5.74) is 0. The predicted octanol–water partition coefficient (Wildman–Crippen LogP) is 13.7. The molecule has 1 unspecified atom stereocenters. The van der Waals surface area contributed by atoms with Gasteiger partial charge in [0.25, 0.3) is 0 Å². The highest BCUT2D eigenvalue weighted by Gasteiger charge is 2.19. The van der Waals surface area contributed by atoms with E-state index >= 15 is 0 Å². The molecular formula is C48H78O6. The normalized spacial score (nSPS) is 12.9.